The smallest absolute Gasteiger partial charge is 0.324 e. The van der Waals surface area contributed by atoms with E-state index in [-0.39, 0.29) is 11.9 Å². The molecule has 7 heteroatoms. The average molecular weight is 435 g/mol. The molecule has 158 valence electrons. The van der Waals surface area contributed by atoms with Crippen molar-refractivity contribution in [3.63, 3.8) is 0 Å². The largest absolute Gasteiger partial charge is 0.348 e. The second-order valence-corrected chi connectivity index (χ2v) is 7.87. The Hall–Kier alpha value is -3.38. The van der Waals surface area contributed by atoms with Gasteiger partial charge in [0.15, 0.2) is 0 Å². The lowest BCUT2D eigenvalue weighted by Crippen LogP contribution is -2.49. The van der Waals surface area contributed by atoms with E-state index in [4.69, 9.17) is 11.6 Å². The van der Waals surface area contributed by atoms with Crippen LogP contribution in [0.25, 0.3) is 0 Å². The maximum Gasteiger partial charge on any atom is 0.324 e. The van der Waals surface area contributed by atoms with E-state index in [9.17, 15) is 9.59 Å². The van der Waals surface area contributed by atoms with Crippen LogP contribution in [0.4, 0.5) is 10.5 Å². The highest BCUT2D eigenvalue weighted by atomic mass is 35.5. The molecule has 4 rings (SSSR count). The zero-order chi connectivity index (χ0) is 21.6. The highest BCUT2D eigenvalue weighted by Gasteiger charge is 2.27. The van der Waals surface area contributed by atoms with E-state index in [0.29, 0.717) is 36.8 Å². The molecular weight excluding hydrogens is 412 g/mol. The number of halogens is 1. The summed E-state index contributed by atoms with van der Waals surface area (Å²) in [6.07, 6.45) is 4.27. The number of benzene rings is 2. The Morgan fingerprint density at radius 1 is 1.03 bits per heavy atom. The van der Waals surface area contributed by atoms with Crippen molar-refractivity contribution >= 4 is 29.2 Å². The normalized spacial score (nSPS) is 13.9. The molecule has 0 saturated carbocycles. The van der Waals surface area contributed by atoms with Gasteiger partial charge in [0.25, 0.3) is 5.91 Å². The molecule has 1 saturated heterocycles. The van der Waals surface area contributed by atoms with Crippen molar-refractivity contribution in [3.8, 4) is 0 Å². The molecule has 0 unspecified atom stereocenters. The Bertz CT molecular complexity index is 1060. The van der Waals surface area contributed by atoms with E-state index < -0.39 is 0 Å². The van der Waals surface area contributed by atoms with Gasteiger partial charge in [-0.05, 0) is 53.9 Å². The van der Waals surface area contributed by atoms with Crippen molar-refractivity contribution in [3.05, 3.63) is 94.8 Å². The van der Waals surface area contributed by atoms with Gasteiger partial charge >= 0.3 is 6.03 Å². The third kappa shape index (κ3) is 5.22. The minimum Gasteiger partial charge on any atom is -0.348 e. The first-order chi connectivity index (χ1) is 15.1. The summed E-state index contributed by atoms with van der Waals surface area (Å²) in [5.41, 5.74) is 3.20. The molecule has 6 nitrogen and oxygen atoms in total. The van der Waals surface area contributed by atoms with Crippen molar-refractivity contribution in [2.75, 3.05) is 18.0 Å². The zero-order valence-electron chi connectivity index (χ0n) is 17.0. The first kappa shape index (κ1) is 20.9. The topological polar surface area (TPSA) is 65.5 Å². The van der Waals surface area contributed by atoms with Gasteiger partial charge in [0.2, 0.25) is 0 Å². The van der Waals surface area contributed by atoms with E-state index in [0.717, 1.165) is 23.2 Å². The Morgan fingerprint density at radius 3 is 2.65 bits per heavy atom. The molecule has 1 aliphatic rings. The van der Waals surface area contributed by atoms with Crippen molar-refractivity contribution in [1.29, 1.82) is 0 Å². The van der Waals surface area contributed by atoms with Crippen LogP contribution in [0.1, 0.15) is 27.9 Å². The van der Waals surface area contributed by atoms with Crippen molar-refractivity contribution in [2.24, 2.45) is 0 Å². The number of rotatable bonds is 6. The predicted octanol–water partition coefficient (Wildman–Crippen LogP) is 4.50. The number of hydrogen-bond acceptors (Lipinski definition) is 3. The maximum atomic E-state index is 13.1. The van der Waals surface area contributed by atoms with Gasteiger partial charge in [0.05, 0.1) is 0 Å². The molecule has 2 aromatic carbocycles. The van der Waals surface area contributed by atoms with Crippen LogP contribution >= 0.6 is 11.6 Å². The molecule has 3 amide bonds. The summed E-state index contributed by atoms with van der Waals surface area (Å²) in [7, 11) is 0. The summed E-state index contributed by atoms with van der Waals surface area (Å²) in [6.45, 7) is 2.24. The number of amides is 3. The fourth-order valence-electron chi connectivity index (χ4n) is 3.58. The summed E-state index contributed by atoms with van der Waals surface area (Å²) in [5, 5.41) is 3.57. The number of hydrogen-bond donors (Lipinski definition) is 1. The van der Waals surface area contributed by atoms with Crippen molar-refractivity contribution in [2.45, 2.75) is 19.5 Å². The SMILES string of the molecule is O=C(NCc1cccnc1)c1cccc(N2CCCN(Cc3ccc(Cl)cc3)C2=O)c1. The average Bonchev–Trinajstić information content (AvgIpc) is 2.81. The van der Waals surface area contributed by atoms with Crippen LogP contribution in [0.3, 0.4) is 0 Å². The molecule has 0 spiro atoms. The highest BCUT2D eigenvalue weighted by Crippen LogP contribution is 2.23. The second kappa shape index (κ2) is 9.62. The van der Waals surface area contributed by atoms with Gasteiger partial charge in [-0.3, -0.25) is 14.7 Å². The Labute approximate surface area is 186 Å². The van der Waals surface area contributed by atoms with Gasteiger partial charge in [0.1, 0.15) is 0 Å². The number of urea groups is 1. The molecule has 2 heterocycles. The third-order valence-corrected chi connectivity index (χ3v) is 5.45. The molecule has 1 aromatic heterocycles. The minimum atomic E-state index is -0.187. The van der Waals surface area contributed by atoms with Crippen molar-refractivity contribution in [1.82, 2.24) is 15.2 Å². The molecule has 0 bridgehead atoms. The number of pyridine rings is 1. The molecule has 0 atom stereocenters. The maximum absolute atomic E-state index is 13.1. The minimum absolute atomic E-state index is 0.0610. The summed E-state index contributed by atoms with van der Waals surface area (Å²) >= 11 is 5.96. The number of carbonyl (C=O) groups is 2. The number of nitrogens with one attached hydrogen (secondary N) is 1. The van der Waals surface area contributed by atoms with E-state index in [1.807, 2.05) is 47.4 Å². The number of carbonyl (C=O) groups excluding carboxylic acids is 2. The van der Waals surface area contributed by atoms with Crippen LogP contribution in [-0.4, -0.2) is 34.9 Å². The molecule has 0 radical (unpaired) electrons. The van der Waals surface area contributed by atoms with E-state index >= 15 is 0 Å². The second-order valence-electron chi connectivity index (χ2n) is 7.43. The van der Waals surface area contributed by atoms with E-state index in [2.05, 4.69) is 10.3 Å². The quantitative estimate of drug-likeness (QED) is 0.621. The summed E-state index contributed by atoms with van der Waals surface area (Å²) in [4.78, 5) is 33.3. The van der Waals surface area contributed by atoms with Gasteiger partial charge < -0.3 is 10.2 Å². The van der Waals surface area contributed by atoms with Crippen LogP contribution in [0.15, 0.2) is 73.1 Å². The lowest BCUT2D eigenvalue weighted by atomic mass is 10.1. The first-order valence-corrected chi connectivity index (χ1v) is 10.6. The Balaban J connectivity index is 1.44. The monoisotopic (exact) mass is 434 g/mol. The van der Waals surface area contributed by atoms with Crippen LogP contribution in [0, 0.1) is 0 Å². The number of aromatic nitrogens is 1. The highest BCUT2D eigenvalue weighted by molar-refractivity contribution is 6.30. The first-order valence-electron chi connectivity index (χ1n) is 10.2. The van der Waals surface area contributed by atoms with Gasteiger partial charge in [-0.15, -0.1) is 0 Å². The van der Waals surface area contributed by atoms with Gasteiger partial charge in [-0.1, -0.05) is 35.9 Å². The van der Waals surface area contributed by atoms with Crippen molar-refractivity contribution < 1.29 is 9.59 Å². The Morgan fingerprint density at radius 2 is 1.87 bits per heavy atom. The van der Waals surface area contributed by atoms with Crippen LogP contribution in [0.5, 0.6) is 0 Å². The molecule has 1 N–H and O–H groups in total. The fourth-order valence-corrected chi connectivity index (χ4v) is 3.71. The third-order valence-electron chi connectivity index (χ3n) is 5.19. The standard InChI is InChI=1S/C24H23ClN4O2/c25-21-9-7-18(8-10-21)17-28-12-3-13-29(24(28)31)22-6-1-5-20(14-22)23(30)27-16-19-4-2-11-26-15-19/h1-2,4-11,14-15H,3,12-13,16-17H2,(H,27,30). The number of nitrogens with zero attached hydrogens (tertiary/aromatic N) is 3. The van der Waals surface area contributed by atoms with E-state index in [1.165, 1.54) is 0 Å². The lowest BCUT2D eigenvalue weighted by molar-refractivity contribution is 0.0951. The summed E-state index contributed by atoms with van der Waals surface area (Å²) in [6, 6.07) is 18.4. The molecule has 1 fully saturated rings. The molecular formula is C24H23ClN4O2. The Kier molecular flexibility index (Phi) is 6.48. The lowest BCUT2D eigenvalue weighted by Gasteiger charge is -2.35. The van der Waals surface area contributed by atoms with E-state index in [1.54, 1.807) is 35.5 Å². The molecule has 31 heavy (non-hydrogen) atoms. The van der Waals surface area contributed by atoms with Crippen LogP contribution < -0.4 is 10.2 Å². The van der Waals surface area contributed by atoms with Gasteiger partial charge in [0, 0.05) is 54.8 Å². The molecule has 0 aliphatic carbocycles. The molecule has 3 aromatic rings. The predicted molar refractivity (Wildman–Crippen MR) is 121 cm³/mol. The van der Waals surface area contributed by atoms with Crippen LogP contribution in [0.2, 0.25) is 5.02 Å². The zero-order valence-corrected chi connectivity index (χ0v) is 17.8. The van der Waals surface area contributed by atoms with Gasteiger partial charge in [-0.25, -0.2) is 4.79 Å². The molecule has 1 aliphatic heterocycles. The summed E-state index contributed by atoms with van der Waals surface area (Å²) < 4.78 is 0. The fraction of sp³-hybridized carbons (Fsp3) is 0.208. The van der Waals surface area contributed by atoms with Crippen LogP contribution in [-0.2, 0) is 13.1 Å². The van der Waals surface area contributed by atoms with Gasteiger partial charge in [-0.2, -0.15) is 0 Å². The number of anilines is 1. The summed E-state index contributed by atoms with van der Waals surface area (Å²) in [5.74, 6) is -0.187.